The summed E-state index contributed by atoms with van der Waals surface area (Å²) in [6, 6.07) is 5.52. The fourth-order valence-electron chi connectivity index (χ4n) is 3.61. The highest BCUT2D eigenvalue weighted by Crippen LogP contribution is 2.31. The van der Waals surface area contributed by atoms with Crippen LogP contribution in [0.25, 0.3) is 16.9 Å². The van der Waals surface area contributed by atoms with Crippen LogP contribution in [0.2, 0.25) is 0 Å². The molecule has 1 atom stereocenters. The van der Waals surface area contributed by atoms with Crippen molar-refractivity contribution >= 4 is 5.91 Å². The van der Waals surface area contributed by atoms with Crippen molar-refractivity contribution < 1.29 is 9.53 Å². The Morgan fingerprint density at radius 3 is 2.83 bits per heavy atom. The standard InChI is InChI=1S/C21H26N6O2/c1-14-10-26(13-23-14)17-6-5-15(9-19(17)29-4)16-11-27(25-24-16)18-7-8-21(2,3)12-22-20(18)28/h5-6,9-11,13,18H,7-8,12H2,1-4H3,(H,22,28). The fourth-order valence-corrected chi connectivity index (χ4v) is 3.61. The van der Waals surface area contributed by atoms with E-state index in [4.69, 9.17) is 4.74 Å². The fraction of sp³-hybridized carbons (Fsp3) is 0.429. The summed E-state index contributed by atoms with van der Waals surface area (Å²) >= 11 is 0. The zero-order valence-corrected chi connectivity index (χ0v) is 17.2. The number of ether oxygens (including phenoxy) is 1. The molecule has 0 radical (unpaired) electrons. The molecule has 0 bridgehead atoms. The number of aryl methyl sites for hydroxylation is 1. The number of methoxy groups -OCH3 is 1. The topological polar surface area (TPSA) is 86.9 Å². The molecule has 1 fully saturated rings. The lowest BCUT2D eigenvalue weighted by Gasteiger charge is -2.20. The first-order valence-corrected chi connectivity index (χ1v) is 9.75. The van der Waals surface area contributed by atoms with Gasteiger partial charge in [0.25, 0.3) is 0 Å². The van der Waals surface area contributed by atoms with Crippen LogP contribution in [0.4, 0.5) is 0 Å². The van der Waals surface area contributed by atoms with E-state index in [1.807, 2.05) is 42.1 Å². The molecule has 2 aromatic heterocycles. The van der Waals surface area contributed by atoms with Crippen LogP contribution in [0.5, 0.6) is 5.75 Å². The van der Waals surface area contributed by atoms with Crippen LogP contribution in [0.15, 0.2) is 36.9 Å². The van der Waals surface area contributed by atoms with Gasteiger partial charge in [0.2, 0.25) is 5.91 Å². The average molecular weight is 394 g/mol. The van der Waals surface area contributed by atoms with Gasteiger partial charge in [0, 0.05) is 18.3 Å². The number of amides is 1. The van der Waals surface area contributed by atoms with Crippen molar-refractivity contribution in [3.8, 4) is 22.7 Å². The van der Waals surface area contributed by atoms with Crippen molar-refractivity contribution in [1.82, 2.24) is 29.9 Å². The second-order valence-corrected chi connectivity index (χ2v) is 8.33. The maximum absolute atomic E-state index is 12.5. The molecular formula is C21H26N6O2. The number of imidazole rings is 1. The lowest BCUT2D eigenvalue weighted by molar-refractivity contribution is -0.124. The van der Waals surface area contributed by atoms with Crippen LogP contribution in [0.1, 0.15) is 38.4 Å². The number of carbonyl (C=O) groups excluding carboxylic acids is 1. The van der Waals surface area contributed by atoms with E-state index in [0.717, 1.165) is 29.8 Å². The number of aromatic nitrogens is 5. The third kappa shape index (κ3) is 3.87. The first-order chi connectivity index (χ1) is 13.9. The molecule has 1 saturated heterocycles. The first kappa shape index (κ1) is 19.2. The monoisotopic (exact) mass is 394 g/mol. The zero-order valence-electron chi connectivity index (χ0n) is 17.2. The van der Waals surface area contributed by atoms with Crippen molar-refractivity contribution in [3.05, 3.63) is 42.6 Å². The molecule has 0 saturated carbocycles. The van der Waals surface area contributed by atoms with Gasteiger partial charge >= 0.3 is 0 Å². The van der Waals surface area contributed by atoms with Gasteiger partial charge in [-0.3, -0.25) is 4.79 Å². The lowest BCUT2D eigenvalue weighted by Crippen LogP contribution is -2.34. The first-order valence-electron chi connectivity index (χ1n) is 9.75. The van der Waals surface area contributed by atoms with E-state index in [0.29, 0.717) is 18.0 Å². The minimum Gasteiger partial charge on any atom is -0.495 e. The number of hydrogen-bond donors (Lipinski definition) is 1. The van der Waals surface area contributed by atoms with Crippen LogP contribution >= 0.6 is 0 Å². The molecular weight excluding hydrogens is 368 g/mol. The molecule has 4 rings (SSSR count). The summed E-state index contributed by atoms with van der Waals surface area (Å²) in [7, 11) is 1.64. The Labute approximate surface area is 169 Å². The second-order valence-electron chi connectivity index (χ2n) is 8.33. The summed E-state index contributed by atoms with van der Waals surface area (Å²) in [4.78, 5) is 16.8. The van der Waals surface area contributed by atoms with Gasteiger partial charge in [0.15, 0.2) is 0 Å². The van der Waals surface area contributed by atoms with Gasteiger partial charge in [-0.1, -0.05) is 25.1 Å². The maximum Gasteiger partial charge on any atom is 0.244 e. The number of rotatable bonds is 4. The quantitative estimate of drug-likeness (QED) is 0.735. The normalized spacial score (nSPS) is 18.9. The SMILES string of the molecule is COc1cc(-c2cn(C3CCC(C)(C)CNC3=O)nn2)ccc1-n1cnc(C)c1. The van der Waals surface area contributed by atoms with Gasteiger partial charge in [-0.2, -0.15) is 0 Å². The molecule has 1 aliphatic heterocycles. The smallest absolute Gasteiger partial charge is 0.244 e. The highest BCUT2D eigenvalue weighted by Gasteiger charge is 2.31. The Hall–Kier alpha value is -3.16. The minimum atomic E-state index is -0.340. The van der Waals surface area contributed by atoms with Gasteiger partial charge in [0.05, 0.1) is 31.0 Å². The van der Waals surface area contributed by atoms with Crippen molar-refractivity contribution in [2.24, 2.45) is 5.41 Å². The van der Waals surface area contributed by atoms with Gasteiger partial charge in [0.1, 0.15) is 17.5 Å². The summed E-state index contributed by atoms with van der Waals surface area (Å²) in [5.41, 5.74) is 3.50. The number of nitrogens with zero attached hydrogens (tertiary/aromatic N) is 5. The van der Waals surface area contributed by atoms with Gasteiger partial charge in [-0.15, -0.1) is 5.10 Å². The van der Waals surface area contributed by atoms with Crippen molar-refractivity contribution in [3.63, 3.8) is 0 Å². The Balaban J connectivity index is 1.62. The summed E-state index contributed by atoms with van der Waals surface area (Å²) in [5.74, 6) is 0.707. The zero-order chi connectivity index (χ0) is 20.6. The second kappa shape index (κ2) is 7.35. The molecule has 3 heterocycles. The predicted molar refractivity (Wildman–Crippen MR) is 109 cm³/mol. The van der Waals surface area contributed by atoms with Gasteiger partial charge < -0.3 is 14.6 Å². The van der Waals surface area contributed by atoms with Crippen molar-refractivity contribution in [1.29, 1.82) is 0 Å². The number of benzene rings is 1. The maximum atomic E-state index is 12.5. The Kier molecular flexibility index (Phi) is 4.86. The molecule has 1 unspecified atom stereocenters. The van der Waals surface area contributed by atoms with E-state index in [2.05, 4.69) is 34.5 Å². The third-order valence-corrected chi connectivity index (χ3v) is 5.43. The van der Waals surface area contributed by atoms with Gasteiger partial charge in [-0.25, -0.2) is 9.67 Å². The van der Waals surface area contributed by atoms with Crippen molar-refractivity contribution in [2.45, 2.75) is 39.7 Å². The third-order valence-electron chi connectivity index (χ3n) is 5.43. The molecule has 1 aliphatic rings. The van der Waals surface area contributed by atoms with E-state index in [9.17, 15) is 4.79 Å². The number of nitrogens with one attached hydrogen (secondary N) is 1. The van der Waals surface area contributed by atoms with E-state index < -0.39 is 0 Å². The summed E-state index contributed by atoms with van der Waals surface area (Å²) < 4.78 is 9.18. The Morgan fingerprint density at radius 2 is 2.10 bits per heavy atom. The Morgan fingerprint density at radius 1 is 1.28 bits per heavy atom. The largest absolute Gasteiger partial charge is 0.495 e. The van der Waals surface area contributed by atoms with Crippen LogP contribution in [0, 0.1) is 12.3 Å². The summed E-state index contributed by atoms with van der Waals surface area (Å²) in [5, 5.41) is 11.6. The van der Waals surface area contributed by atoms with E-state index in [-0.39, 0.29) is 17.4 Å². The average Bonchev–Trinajstić information content (AvgIpc) is 3.32. The molecule has 1 amide bonds. The van der Waals surface area contributed by atoms with Crippen LogP contribution in [-0.2, 0) is 4.79 Å². The van der Waals surface area contributed by atoms with Crippen LogP contribution in [-0.4, -0.2) is 44.1 Å². The van der Waals surface area contributed by atoms with E-state index >= 15 is 0 Å². The summed E-state index contributed by atoms with van der Waals surface area (Å²) in [6.07, 6.45) is 7.22. The van der Waals surface area contributed by atoms with Crippen LogP contribution < -0.4 is 10.1 Å². The number of hydrogen-bond acceptors (Lipinski definition) is 5. The molecule has 3 aromatic rings. The highest BCUT2D eigenvalue weighted by atomic mass is 16.5. The molecule has 8 heteroatoms. The molecule has 152 valence electrons. The minimum absolute atomic E-state index is 0.00423. The predicted octanol–water partition coefficient (Wildman–Crippen LogP) is 2.93. The van der Waals surface area contributed by atoms with E-state index in [1.165, 1.54) is 0 Å². The molecule has 0 spiro atoms. The molecule has 1 aromatic carbocycles. The lowest BCUT2D eigenvalue weighted by atomic mass is 9.88. The van der Waals surface area contributed by atoms with E-state index in [1.54, 1.807) is 18.1 Å². The number of carbonyl (C=O) groups is 1. The molecule has 1 N–H and O–H groups in total. The van der Waals surface area contributed by atoms with Gasteiger partial charge in [-0.05, 0) is 37.3 Å². The summed E-state index contributed by atoms with van der Waals surface area (Å²) in [6.45, 7) is 6.95. The van der Waals surface area contributed by atoms with Crippen molar-refractivity contribution in [2.75, 3.05) is 13.7 Å². The molecule has 8 nitrogen and oxygen atoms in total. The Bertz CT molecular complexity index is 1040. The molecule has 0 aliphatic carbocycles. The molecule has 29 heavy (non-hydrogen) atoms. The van der Waals surface area contributed by atoms with Crippen LogP contribution in [0.3, 0.4) is 0 Å². The highest BCUT2D eigenvalue weighted by molar-refractivity contribution is 5.80.